The summed E-state index contributed by atoms with van der Waals surface area (Å²) in [6.07, 6.45) is 3.09. The predicted molar refractivity (Wildman–Crippen MR) is 94.9 cm³/mol. The number of halogens is 1. The molecule has 3 aromatic rings. The summed E-state index contributed by atoms with van der Waals surface area (Å²) in [4.78, 5) is 14.1. The Bertz CT molecular complexity index is 1080. The first-order valence-electron chi connectivity index (χ1n) is 7.78. The highest BCUT2D eigenvalue weighted by atomic mass is 32.2. The van der Waals surface area contributed by atoms with Crippen LogP contribution in [0.25, 0.3) is 0 Å². The molecule has 8 nitrogen and oxygen atoms in total. The number of non-ortho nitro benzene ring substituents is 1. The molecule has 1 N–H and O–H groups in total. The molecule has 0 spiro atoms. The Morgan fingerprint density at radius 1 is 1.19 bits per heavy atom. The number of aromatic nitrogens is 2. The molecule has 0 bridgehead atoms. The van der Waals surface area contributed by atoms with E-state index in [2.05, 4.69) is 9.71 Å². The van der Waals surface area contributed by atoms with Crippen molar-refractivity contribution in [3.8, 4) is 0 Å². The molecule has 0 saturated heterocycles. The Morgan fingerprint density at radius 2 is 1.85 bits per heavy atom. The summed E-state index contributed by atoms with van der Waals surface area (Å²) in [5, 5.41) is 10.7. The van der Waals surface area contributed by atoms with Crippen molar-refractivity contribution in [3.63, 3.8) is 0 Å². The van der Waals surface area contributed by atoms with Gasteiger partial charge in [-0.1, -0.05) is 18.2 Å². The van der Waals surface area contributed by atoms with Gasteiger partial charge in [-0.15, -0.1) is 0 Å². The lowest BCUT2D eigenvalue weighted by Gasteiger charge is -2.19. The first kappa shape index (κ1) is 18.7. The fourth-order valence-corrected chi connectivity index (χ4v) is 3.76. The van der Waals surface area contributed by atoms with E-state index < -0.39 is 26.8 Å². The monoisotopic (exact) mass is 390 g/mol. The minimum Gasteiger partial charge on any atom is -0.336 e. The summed E-state index contributed by atoms with van der Waals surface area (Å²) in [7, 11) is -2.44. The molecule has 1 aromatic heterocycles. The van der Waals surface area contributed by atoms with Gasteiger partial charge in [-0.2, -0.15) is 4.72 Å². The van der Waals surface area contributed by atoms with Crippen LogP contribution in [0.15, 0.2) is 65.8 Å². The molecule has 0 aliphatic rings. The molecule has 0 fully saturated rings. The Morgan fingerprint density at radius 3 is 2.41 bits per heavy atom. The second kappa shape index (κ2) is 7.25. The smallest absolute Gasteiger partial charge is 0.269 e. The molecule has 27 heavy (non-hydrogen) atoms. The molecule has 0 amide bonds. The molecule has 1 heterocycles. The molecule has 10 heteroatoms. The normalized spacial score (nSPS) is 12.7. The van der Waals surface area contributed by atoms with Crippen molar-refractivity contribution in [2.75, 3.05) is 0 Å². The van der Waals surface area contributed by atoms with E-state index in [9.17, 15) is 22.9 Å². The van der Waals surface area contributed by atoms with Crippen molar-refractivity contribution >= 4 is 15.7 Å². The molecule has 0 radical (unpaired) electrons. The van der Waals surface area contributed by atoms with E-state index in [-0.39, 0.29) is 16.1 Å². The number of benzene rings is 2. The van der Waals surface area contributed by atoms with Crippen LogP contribution in [0.3, 0.4) is 0 Å². The van der Waals surface area contributed by atoms with E-state index in [1.807, 2.05) is 0 Å². The summed E-state index contributed by atoms with van der Waals surface area (Å²) >= 11 is 0. The van der Waals surface area contributed by atoms with Gasteiger partial charge in [-0.25, -0.2) is 17.8 Å². The summed E-state index contributed by atoms with van der Waals surface area (Å²) in [6, 6.07) is 9.13. The topological polar surface area (TPSA) is 107 Å². The zero-order valence-corrected chi connectivity index (χ0v) is 14.9. The van der Waals surface area contributed by atoms with Crippen molar-refractivity contribution in [1.82, 2.24) is 14.3 Å². The largest absolute Gasteiger partial charge is 0.336 e. The minimum absolute atomic E-state index is 0.109. The van der Waals surface area contributed by atoms with E-state index in [1.54, 1.807) is 23.9 Å². The van der Waals surface area contributed by atoms with Gasteiger partial charge in [0.1, 0.15) is 17.7 Å². The number of nitrogens with zero attached hydrogens (tertiary/aromatic N) is 3. The first-order chi connectivity index (χ1) is 12.8. The van der Waals surface area contributed by atoms with E-state index in [4.69, 9.17) is 0 Å². The van der Waals surface area contributed by atoms with Gasteiger partial charge in [-0.05, 0) is 18.2 Å². The fraction of sp³-hybridized carbons (Fsp3) is 0.118. The predicted octanol–water partition coefficient (Wildman–Crippen LogP) is 2.54. The second-order valence-electron chi connectivity index (χ2n) is 5.72. The lowest BCUT2D eigenvalue weighted by atomic mass is 10.1. The number of nitro benzene ring substituents is 1. The lowest BCUT2D eigenvalue weighted by molar-refractivity contribution is -0.384. The van der Waals surface area contributed by atoms with Crippen molar-refractivity contribution < 1.29 is 17.7 Å². The molecule has 0 aliphatic heterocycles. The Kier molecular flexibility index (Phi) is 5.02. The van der Waals surface area contributed by atoms with Gasteiger partial charge in [0.25, 0.3) is 5.69 Å². The number of nitro groups is 1. The van der Waals surface area contributed by atoms with Crippen molar-refractivity contribution in [1.29, 1.82) is 0 Å². The molecule has 140 valence electrons. The maximum atomic E-state index is 14.3. The van der Waals surface area contributed by atoms with Crippen LogP contribution in [0.5, 0.6) is 0 Å². The van der Waals surface area contributed by atoms with Crippen LogP contribution in [0.2, 0.25) is 0 Å². The maximum absolute atomic E-state index is 14.3. The van der Waals surface area contributed by atoms with Gasteiger partial charge in [0.2, 0.25) is 10.0 Å². The molecule has 1 unspecified atom stereocenters. The van der Waals surface area contributed by atoms with Crippen molar-refractivity contribution in [3.05, 3.63) is 88.2 Å². The van der Waals surface area contributed by atoms with Crippen LogP contribution >= 0.6 is 0 Å². The van der Waals surface area contributed by atoms with Crippen molar-refractivity contribution in [2.45, 2.75) is 10.9 Å². The summed E-state index contributed by atoms with van der Waals surface area (Å²) in [6.45, 7) is 0. The second-order valence-corrected chi connectivity index (χ2v) is 7.44. The molecule has 1 atom stereocenters. The van der Waals surface area contributed by atoms with Gasteiger partial charge in [0, 0.05) is 37.1 Å². The number of aryl methyl sites for hydroxylation is 1. The highest BCUT2D eigenvalue weighted by Gasteiger charge is 2.28. The Labute approximate surface area is 154 Å². The Balaban J connectivity index is 2.02. The summed E-state index contributed by atoms with van der Waals surface area (Å²) in [5.74, 6) is -0.289. The zero-order chi connectivity index (χ0) is 19.6. The van der Waals surface area contributed by atoms with Crippen molar-refractivity contribution in [2.24, 2.45) is 7.05 Å². The van der Waals surface area contributed by atoms with E-state index >= 15 is 0 Å². The average Bonchev–Trinajstić information content (AvgIpc) is 3.06. The van der Waals surface area contributed by atoms with Crippen LogP contribution in [-0.2, 0) is 17.1 Å². The molecular formula is C17H15FN4O4S. The van der Waals surface area contributed by atoms with Crippen LogP contribution < -0.4 is 4.72 Å². The van der Waals surface area contributed by atoms with Gasteiger partial charge in [-0.3, -0.25) is 10.1 Å². The van der Waals surface area contributed by atoms with Gasteiger partial charge in [0.05, 0.1) is 9.82 Å². The van der Waals surface area contributed by atoms with Gasteiger partial charge >= 0.3 is 0 Å². The van der Waals surface area contributed by atoms with Crippen LogP contribution in [0.1, 0.15) is 17.4 Å². The zero-order valence-electron chi connectivity index (χ0n) is 14.1. The SMILES string of the molecule is Cn1ccnc1C(NS(=O)(=O)c1ccc([N+](=O)[O-])cc1)c1ccccc1F. The van der Waals surface area contributed by atoms with Crippen LogP contribution in [-0.4, -0.2) is 22.9 Å². The third-order valence-corrected chi connectivity index (χ3v) is 5.40. The lowest BCUT2D eigenvalue weighted by Crippen LogP contribution is -2.31. The third-order valence-electron chi connectivity index (χ3n) is 3.96. The standard InChI is InChI=1S/C17H15FN4O4S/c1-21-11-10-19-17(21)16(14-4-2-3-5-15(14)18)20-27(25,26)13-8-6-12(7-9-13)22(23)24/h2-11,16,20H,1H3. The van der Waals surface area contributed by atoms with E-state index in [0.29, 0.717) is 5.82 Å². The van der Waals surface area contributed by atoms with Gasteiger partial charge < -0.3 is 4.57 Å². The number of rotatable bonds is 6. The maximum Gasteiger partial charge on any atom is 0.269 e. The number of nitrogens with one attached hydrogen (secondary N) is 1. The number of sulfonamides is 1. The molecule has 2 aromatic carbocycles. The molecular weight excluding hydrogens is 375 g/mol. The van der Waals surface area contributed by atoms with Crippen LogP contribution in [0.4, 0.5) is 10.1 Å². The quantitative estimate of drug-likeness (QED) is 0.514. The van der Waals surface area contributed by atoms with E-state index in [1.165, 1.54) is 24.4 Å². The summed E-state index contributed by atoms with van der Waals surface area (Å²) < 4.78 is 43.9. The molecule has 3 rings (SSSR count). The molecule has 0 aliphatic carbocycles. The van der Waals surface area contributed by atoms with E-state index in [0.717, 1.165) is 24.3 Å². The molecule has 0 saturated carbocycles. The number of hydrogen-bond acceptors (Lipinski definition) is 5. The third kappa shape index (κ3) is 3.86. The highest BCUT2D eigenvalue weighted by molar-refractivity contribution is 7.89. The number of imidazole rings is 1. The average molecular weight is 390 g/mol. The summed E-state index contributed by atoms with van der Waals surface area (Å²) in [5.41, 5.74) is -0.124. The first-order valence-corrected chi connectivity index (χ1v) is 9.26. The highest BCUT2D eigenvalue weighted by Crippen LogP contribution is 2.26. The Hall–Kier alpha value is -3.11. The fourth-order valence-electron chi connectivity index (χ4n) is 2.59. The number of hydrogen-bond donors (Lipinski definition) is 1. The van der Waals surface area contributed by atoms with Crippen LogP contribution in [0, 0.1) is 15.9 Å². The minimum atomic E-state index is -4.10. The van der Waals surface area contributed by atoms with Gasteiger partial charge in [0.15, 0.2) is 0 Å².